The van der Waals surface area contributed by atoms with Gasteiger partial charge in [-0.15, -0.1) is 0 Å². The number of aromatic nitrogens is 2. The normalized spacial score (nSPS) is 12.2. The van der Waals surface area contributed by atoms with Crippen molar-refractivity contribution < 1.29 is 9.59 Å². The lowest BCUT2D eigenvalue weighted by molar-refractivity contribution is 0.0884. The average Bonchev–Trinajstić information content (AvgIpc) is 3.41. The maximum Gasteiger partial charge on any atom is 0.267 e. The van der Waals surface area contributed by atoms with Crippen LogP contribution in [0, 0.1) is 0 Å². The van der Waals surface area contributed by atoms with Crippen LogP contribution in [0.25, 0.3) is 21.8 Å². The molecule has 0 bridgehead atoms. The van der Waals surface area contributed by atoms with Gasteiger partial charge in [-0.2, -0.15) is 0 Å². The maximum absolute atomic E-state index is 13.5. The fourth-order valence-electron chi connectivity index (χ4n) is 4.10. The van der Waals surface area contributed by atoms with Crippen LogP contribution < -0.4 is 10.9 Å². The highest BCUT2D eigenvalue weighted by atomic mass is 16.2. The lowest BCUT2D eigenvalue weighted by Crippen LogP contribution is -2.43. The van der Waals surface area contributed by atoms with Crippen LogP contribution in [0.2, 0.25) is 0 Å². The van der Waals surface area contributed by atoms with Gasteiger partial charge in [-0.1, -0.05) is 66.7 Å². The van der Waals surface area contributed by atoms with Crippen molar-refractivity contribution in [2.45, 2.75) is 6.04 Å². The summed E-state index contributed by atoms with van der Waals surface area (Å²) in [7, 11) is 1.90. The van der Waals surface area contributed by atoms with Gasteiger partial charge in [-0.3, -0.25) is 15.0 Å². The first kappa shape index (κ1) is 19.8. The van der Waals surface area contributed by atoms with Gasteiger partial charge in [-0.25, -0.2) is 5.43 Å². The Morgan fingerprint density at radius 3 is 2.34 bits per heavy atom. The fraction of sp³-hybridized carbons (Fsp3) is 0.0769. The number of nitrogens with one attached hydrogen (secondary N) is 3. The molecule has 2 aromatic heterocycles. The van der Waals surface area contributed by atoms with E-state index in [9.17, 15) is 9.59 Å². The number of H-pyrrole nitrogens is 1. The van der Waals surface area contributed by atoms with Crippen molar-refractivity contribution in [1.29, 1.82) is 0 Å². The molecule has 32 heavy (non-hydrogen) atoms. The number of hydrazine groups is 1. The number of carbonyl (C=O) groups excluding carboxylic acids is 2. The van der Waals surface area contributed by atoms with Gasteiger partial charge in [0.15, 0.2) is 5.78 Å². The molecule has 6 nitrogen and oxygen atoms in total. The minimum absolute atomic E-state index is 0.133. The average molecular weight is 422 g/mol. The monoisotopic (exact) mass is 422 g/mol. The molecule has 158 valence electrons. The molecule has 1 unspecified atom stereocenters. The van der Waals surface area contributed by atoms with Crippen molar-refractivity contribution in [3.8, 4) is 0 Å². The number of ketones is 1. The predicted octanol–water partition coefficient (Wildman–Crippen LogP) is 4.52. The Hall–Kier alpha value is -4.16. The molecule has 5 rings (SSSR count). The molecule has 0 saturated carbocycles. The molecule has 0 fully saturated rings. The molecule has 0 aliphatic carbocycles. The fourth-order valence-corrected chi connectivity index (χ4v) is 4.10. The Bertz CT molecular complexity index is 1430. The second kappa shape index (κ2) is 8.17. The molecule has 3 aromatic carbocycles. The van der Waals surface area contributed by atoms with Crippen molar-refractivity contribution in [3.63, 3.8) is 0 Å². The van der Waals surface area contributed by atoms with Crippen molar-refractivity contribution in [2.75, 3.05) is 0 Å². The number of fused-ring (bicyclic) bond motifs is 2. The number of hydrogen-bond donors (Lipinski definition) is 3. The summed E-state index contributed by atoms with van der Waals surface area (Å²) < 4.78 is 1.91. The Morgan fingerprint density at radius 2 is 1.53 bits per heavy atom. The van der Waals surface area contributed by atoms with E-state index in [4.69, 9.17) is 0 Å². The lowest BCUT2D eigenvalue weighted by atomic mass is 9.97. The number of benzene rings is 3. The molecule has 0 saturated heterocycles. The minimum Gasteiger partial charge on any atom is -0.360 e. The first-order valence-corrected chi connectivity index (χ1v) is 10.4. The summed E-state index contributed by atoms with van der Waals surface area (Å²) in [6.07, 6.45) is 3.51. The molecule has 0 radical (unpaired) electrons. The highest BCUT2D eigenvalue weighted by Gasteiger charge is 2.25. The van der Waals surface area contributed by atoms with Gasteiger partial charge < -0.3 is 9.55 Å². The highest BCUT2D eigenvalue weighted by molar-refractivity contribution is 6.11. The Morgan fingerprint density at radius 1 is 0.844 bits per heavy atom. The van der Waals surface area contributed by atoms with Gasteiger partial charge in [0, 0.05) is 46.8 Å². The van der Waals surface area contributed by atoms with Crippen LogP contribution in [0.3, 0.4) is 0 Å². The Labute approximate surface area is 184 Å². The van der Waals surface area contributed by atoms with Gasteiger partial charge in [0.25, 0.3) is 5.91 Å². The standard InChI is InChI=1S/C26H22N4O2/c1-30-16-21(19-12-6-8-14-23(19)30)26(32)29-28-24(17-9-3-2-4-10-17)25(31)20-15-27-22-13-7-5-11-18(20)22/h2-16,24,27-28H,1H3,(H,29,32). The summed E-state index contributed by atoms with van der Waals surface area (Å²) in [6.45, 7) is 0. The summed E-state index contributed by atoms with van der Waals surface area (Å²) in [5.74, 6) is -0.429. The zero-order valence-electron chi connectivity index (χ0n) is 17.5. The van der Waals surface area contributed by atoms with E-state index in [1.54, 1.807) is 12.4 Å². The van der Waals surface area contributed by atoms with E-state index in [2.05, 4.69) is 15.8 Å². The molecule has 1 amide bonds. The van der Waals surface area contributed by atoms with E-state index in [1.165, 1.54) is 0 Å². The topological polar surface area (TPSA) is 78.9 Å². The summed E-state index contributed by atoms with van der Waals surface area (Å²) in [4.78, 5) is 29.7. The van der Waals surface area contributed by atoms with Gasteiger partial charge >= 0.3 is 0 Å². The Kier molecular flexibility index (Phi) is 5.05. The number of para-hydroxylation sites is 2. The molecule has 6 heteroatoms. The summed E-state index contributed by atoms with van der Waals surface area (Å²) in [5, 5.41) is 1.70. The number of nitrogens with zero attached hydrogens (tertiary/aromatic N) is 1. The Balaban J connectivity index is 1.45. The summed E-state index contributed by atoms with van der Waals surface area (Å²) in [5.41, 5.74) is 9.48. The van der Waals surface area contributed by atoms with Gasteiger partial charge in [0.05, 0.1) is 5.56 Å². The second-order valence-electron chi connectivity index (χ2n) is 7.73. The molecule has 0 spiro atoms. The number of aryl methyl sites for hydroxylation is 1. The number of Topliss-reactive ketones (excluding diaryl/α,β-unsaturated/α-hetero) is 1. The minimum atomic E-state index is -0.741. The number of carbonyl (C=O) groups is 2. The van der Waals surface area contributed by atoms with Gasteiger partial charge in [-0.05, 0) is 17.7 Å². The molecule has 3 N–H and O–H groups in total. The van der Waals surface area contributed by atoms with Gasteiger partial charge in [0.2, 0.25) is 0 Å². The van der Waals surface area contributed by atoms with Crippen LogP contribution in [-0.4, -0.2) is 21.2 Å². The molecular formula is C26H22N4O2. The molecule has 5 aromatic rings. The number of hydrogen-bond acceptors (Lipinski definition) is 3. The first-order valence-electron chi connectivity index (χ1n) is 10.4. The van der Waals surface area contributed by atoms with Crippen molar-refractivity contribution in [2.24, 2.45) is 7.05 Å². The molecule has 0 aliphatic heterocycles. The number of amides is 1. The quantitative estimate of drug-likeness (QED) is 0.278. The van der Waals surface area contributed by atoms with E-state index in [-0.39, 0.29) is 11.7 Å². The second-order valence-corrected chi connectivity index (χ2v) is 7.73. The van der Waals surface area contributed by atoms with E-state index in [1.807, 2.05) is 90.5 Å². The van der Waals surface area contributed by atoms with E-state index < -0.39 is 6.04 Å². The molecule has 1 atom stereocenters. The third kappa shape index (κ3) is 3.46. The van der Waals surface area contributed by atoms with Crippen molar-refractivity contribution >= 4 is 33.5 Å². The maximum atomic E-state index is 13.5. The predicted molar refractivity (Wildman–Crippen MR) is 125 cm³/mol. The molecular weight excluding hydrogens is 400 g/mol. The smallest absolute Gasteiger partial charge is 0.267 e. The van der Waals surface area contributed by atoms with Crippen LogP contribution >= 0.6 is 0 Å². The number of rotatable bonds is 6. The molecule has 0 aliphatic rings. The SMILES string of the molecule is Cn1cc(C(=O)NNC(C(=O)c2c[nH]c3ccccc23)c2ccccc2)c2ccccc21. The zero-order valence-corrected chi connectivity index (χ0v) is 17.5. The van der Waals surface area contributed by atoms with E-state index in [0.717, 1.165) is 27.4 Å². The van der Waals surface area contributed by atoms with Crippen LogP contribution in [0.15, 0.2) is 91.3 Å². The highest BCUT2D eigenvalue weighted by Crippen LogP contribution is 2.25. The first-order chi connectivity index (χ1) is 15.6. The van der Waals surface area contributed by atoms with Crippen LogP contribution in [-0.2, 0) is 7.05 Å². The van der Waals surface area contributed by atoms with Crippen LogP contribution in [0.4, 0.5) is 0 Å². The van der Waals surface area contributed by atoms with Crippen molar-refractivity contribution in [3.05, 3.63) is 108 Å². The van der Waals surface area contributed by atoms with Crippen molar-refractivity contribution in [1.82, 2.24) is 20.4 Å². The van der Waals surface area contributed by atoms with Crippen LogP contribution in [0.5, 0.6) is 0 Å². The number of aromatic amines is 1. The van der Waals surface area contributed by atoms with E-state index in [0.29, 0.717) is 11.1 Å². The van der Waals surface area contributed by atoms with Crippen LogP contribution in [0.1, 0.15) is 32.3 Å². The lowest BCUT2D eigenvalue weighted by Gasteiger charge is -2.18. The zero-order chi connectivity index (χ0) is 22.1. The largest absolute Gasteiger partial charge is 0.360 e. The molecule has 2 heterocycles. The summed E-state index contributed by atoms with van der Waals surface area (Å²) in [6, 6.07) is 24.0. The van der Waals surface area contributed by atoms with E-state index >= 15 is 0 Å². The summed E-state index contributed by atoms with van der Waals surface area (Å²) >= 11 is 0. The third-order valence-corrected chi connectivity index (χ3v) is 5.72. The van der Waals surface area contributed by atoms with Gasteiger partial charge in [0.1, 0.15) is 6.04 Å². The third-order valence-electron chi connectivity index (χ3n) is 5.72.